The van der Waals surface area contributed by atoms with Crippen LogP contribution in [0.25, 0.3) is 0 Å². The molecular weight excluding hydrogens is 264 g/mol. The van der Waals surface area contributed by atoms with Gasteiger partial charge in [0.2, 0.25) is 0 Å². The highest BCUT2D eigenvalue weighted by atomic mass is 16.3. The van der Waals surface area contributed by atoms with Crippen molar-refractivity contribution in [2.45, 2.75) is 13.0 Å². The summed E-state index contributed by atoms with van der Waals surface area (Å²) in [4.78, 5) is 4.78. The van der Waals surface area contributed by atoms with Crippen molar-refractivity contribution in [1.29, 1.82) is 0 Å². The number of hydrogen-bond donors (Lipinski definition) is 2. The van der Waals surface area contributed by atoms with E-state index < -0.39 is 0 Å². The molecule has 114 valence electrons. The molecule has 0 bridgehead atoms. The number of aliphatic hydroxyl groups is 2. The summed E-state index contributed by atoms with van der Waals surface area (Å²) in [5, 5.41) is 17.8. The summed E-state index contributed by atoms with van der Waals surface area (Å²) in [6.07, 6.45) is 1.14. The van der Waals surface area contributed by atoms with Crippen LogP contribution in [-0.4, -0.2) is 66.0 Å². The third-order valence-corrected chi connectivity index (χ3v) is 3.74. The molecule has 1 aliphatic rings. The maximum Gasteiger partial charge on any atom is 0.104 e. The van der Waals surface area contributed by atoms with Crippen molar-refractivity contribution in [2.24, 2.45) is 0 Å². The van der Waals surface area contributed by atoms with E-state index in [0.29, 0.717) is 0 Å². The number of benzene rings is 1. The van der Waals surface area contributed by atoms with E-state index in [2.05, 4.69) is 33.8 Å². The Bertz CT molecular complexity index is 493. The van der Waals surface area contributed by atoms with E-state index in [1.165, 1.54) is 5.56 Å². The molecule has 1 fully saturated rings. The van der Waals surface area contributed by atoms with Crippen LogP contribution >= 0.6 is 0 Å². The van der Waals surface area contributed by atoms with Gasteiger partial charge in [0.05, 0.1) is 6.61 Å². The maximum absolute atomic E-state index is 9.03. The second kappa shape index (κ2) is 8.81. The molecule has 0 aromatic heterocycles. The fourth-order valence-corrected chi connectivity index (χ4v) is 2.69. The first kappa shape index (κ1) is 16.0. The summed E-state index contributed by atoms with van der Waals surface area (Å²) < 4.78 is 0. The minimum absolute atomic E-state index is 0.100. The Kier molecular flexibility index (Phi) is 6.71. The van der Waals surface area contributed by atoms with Crippen LogP contribution in [0.5, 0.6) is 0 Å². The summed E-state index contributed by atoms with van der Waals surface area (Å²) in [6, 6.07) is 8.21. The van der Waals surface area contributed by atoms with Gasteiger partial charge in [-0.1, -0.05) is 24.0 Å². The summed E-state index contributed by atoms with van der Waals surface area (Å²) in [5.74, 6) is 5.64. The first-order valence-corrected chi connectivity index (χ1v) is 7.56. The van der Waals surface area contributed by atoms with Gasteiger partial charge in [-0.2, -0.15) is 0 Å². The highest BCUT2D eigenvalue weighted by Crippen LogP contribution is 2.10. The van der Waals surface area contributed by atoms with Gasteiger partial charge in [-0.05, 0) is 37.2 Å². The highest BCUT2D eigenvalue weighted by Gasteiger charge is 2.14. The highest BCUT2D eigenvalue weighted by molar-refractivity contribution is 5.37. The van der Waals surface area contributed by atoms with Crippen LogP contribution in [0.3, 0.4) is 0 Å². The van der Waals surface area contributed by atoms with E-state index in [4.69, 9.17) is 10.2 Å². The zero-order valence-electron chi connectivity index (χ0n) is 12.5. The summed E-state index contributed by atoms with van der Waals surface area (Å²) in [6.45, 7) is 6.06. The number of β-amino-alcohol motifs (C(OH)–C–C–N with tert-alkyl or cyclic N) is 1. The number of nitrogens with zero attached hydrogens (tertiary/aromatic N) is 2. The summed E-state index contributed by atoms with van der Waals surface area (Å²) >= 11 is 0. The average molecular weight is 288 g/mol. The molecule has 0 amide bonds. The van der Waals surface area contributed by atoms with Crippen LogP contribution in [0.2, 0.25) is 0 Å². The minimum atomic E-state index is -0.100. The molecule has 0 spiro atoms. The average Bonchev–Trinajstić information content (AvgIpc) is 2.72. The Balaban J connectivity index is 1.92. The van der Waals surface area contributed by atoms with E-state index >= 15 is 0 Å². The molecule has 1 aromatic rings. The zero-order chi connectivity index (χ0) is 14.9. The Morgan fingerprint density at radius 2 is 1.86 bits per heavy atom. The van der Waals surface area contributed by atoms with Crippen molar-refractivity contribution < 1.29 is 10.2 Å². The van der Waals surface area contributed by atoms with Crippen LogP contribution in [0.15, 0.2) is 24.3 Å². The van der Waals surface area contributed by atoms with Gasteiger partial charge in [-0.15, -0.1) is 0 Å². The van der Waals surface area contributed by atoms with Gasteiger partial charge in [0, 0.05) is 31.7 Å². The van der Waals surface area contributed by atoms with E-state index in [9.17, 15) is 0 Å². The Morgan fingerprint density at radius 3 is 2.67 bits per heavy atom. The lowest BCUT2D eigenvalue weighted by molar-refractivity contribution is 0.196. The van der Waals surface area contributed by atoms with Crippen LogP contribution in [0, 0.1) is 11.8 Å². The third kappa shape index (κ3) is 5.49. The third-order valence-electron chi connectivity index (χ3n) is 3.74. The molecule has 0 atom stereocenters. The van der Waals surface area contributed by atoms with Crippen molar-refractivity contribution in [3.63, 3.8) is 0 Å². The van der Waals surface area contributed by atoms with E-state index in [-0.39, 0.29) is 13.2 Å². The first-order chi connectivity index (χ1) is 10.3. The van der Waals surface area contributed by atoms with Gasteiger partial charge >= 0.3 is 0 Å². The van der Waals surface area contributed by atoms with Gasteiger partial charge in [-0.3, -0.25) is 9.80 Å². The molecule has 0 radical (unpaired) electrons. The van der Waals surface area contributed by atoms with Crippen LogP contribution < -0.4 is 0 Å². The quantitative estimate of drug-likeness (QED) is 0.794. The summed E-state index contributed by atoms with van der Waals surface area (Å²) in [7, 11) is 0. The SMILES string of the molecule is OCC#Cc1cccc(CN2CCCN(CCO)CC2)c1. The predicted molar refractivity (Wildman–Crippen MR) is 83.8 cm³/mol. The van der Waals surface area contributed by atoms with Gasteiger partial charge in [0.15, 0.2) is 0 Å². The molecule has 2 rings (SSSR count). The lowest BCUT2D eigenvalue weighted by atomic mass is 10.1. The predicted octanol–water partition coefficient (Wildman–Crippen LogP) is 0.530. The molecule has 0 saturated carbocycles. The smallest absolute Gasteiger partial charge is 0.104 e. The lowest BCUT2D eigenvalue weighted by Crippen LogP contribution is -2.32. The molecule has 4 heteroatoms. The van der Waals surface area contributed by atoms with Crippen molar-refractivity contribution in [3.05, 3.63) is 35.4 Å². The van der Waals surface area contributed by atoms with E-state index in [0.717, 1.165) is 51.3 Å². The van der Waals surface area contributed by atoms with Crippen molar-refractivity contribution in [2.75, 3.05) is 45.9 Å². The van der Waals surface area contributed by atoms with E-state index in [1.807, 2.05) is 12.1 Å². The topological polar surface area (TPSA) is 46.9 Å². The molecular formula is C17H24N2O2. The Hall–Kier alpha value is -1.38. The minimum Gasteiger partial charge on any atom is -0.395 e. The zero-order valence-corrected chi connectivity index (χ0v) is 12.5. The van der Waals surface area contributed by atoms with Crippen LogP contribution in [-0.2, 0) is 6.54 Å². The molecule has 21 heavy (non-hydrogen) atoms. The molecule has 1 aromatic carbocycles. The largest absolute Gasteiger partial charge is 0.395 e. The van der Waals surface area contributed by atoms with Gasteiger partial charge in [0.25, 0.3) is 0 Å². The molecule has 1 saturated heterocycles. The fourth-order valence-electron chi connectivity index (χ4n) is 2.69. The number of hydrogen-bond acceptors (Lipinski definition) is 4. The molecule has 0 aliphatic carbocycles. The number of aliphatic hydroxyl groups excluding tert-OH is 2. The van der Waals surface area contributed by atoms with Crippen LogP contribution in [0.1, 0.15) is 17.5 Å². The van der Waals surface area contributed by atoms with Crippen molar-refractivity contribution in [1.82, 2.24) is 9.80 Å². The Labute approximate surface area is 127 Å². The summed E-state index contributed by atoms with van der Waals surface area (Å²) in [5.41, 5.74) is 2.22. The molecule has 1 heterocycles. The van der Waals surface area contributed by atoms with Gasteiger partial charge < -0.3 is 10.2 Å². The molecule has 4 nitrogen and oxygen atoms in total. The van der Waals surface area contributed by atoms with Crippen LogP contribution in [0.4, 0.5) is 0 Å². The molecule has 2 N–H and O–H groups in total. The molecule has 1 aliphatic heterocycles. The second-order valence-corrected chi connectivity index (χ2v) is 5.36. The first-order valence-electron chi connectivity index (χ1n) is 7.56. The normalized spacial score (nSPS) is 17.0. The van der Waals surface area contributed by atoms with Gasteiger partial charge in [0.1, 0.15) is 6.61 Å². The standard InChI is InChI=1S/C17H24N2O2/c20-12-2-6-16-4-1-5-17(14-16)15-19-8-3-7-18(9-10-19)11-13-21/h1,4-5,14,20-21H,3,7-13,15H2. The van der Waals surface area contributed by atoms with E-state index in [1.54, 1.807) is 0 Å². The number of rotatable bonds is 4. The van der Waals surface area contributed by atoms with Gasteiger partial charge in [-0.25, -0.2) is 0 Å². The maximum atomic E-state index is 9.03. The second-order valence-electron chi connectivity index (χ2n) is 5.36. The fraction of sp³-hybridized carbons (Fsp3) is 0.529. The lowest BCUT2D eigenvalue weighted by Gasteiger charge is -2.21. The Morgan fingerprint density at radius 1 is 1.05 bits per heavy atom. The monoisotopic (exact) mass is 288 g/mol. The molecule has 0 unspecified atom stereocenters. The van der Waals surface area contributed by atoms with Crippen molar-refractivity contribution in [3.8, 4) is 11.8 Å². The van der Waals surface area contributed by atoms with Crippen molar-refractivity contribution >= 4 is 0 Å².